The molecule has 1 rings (SSSR count). The highest BCUT2D eigenvalue weighted by molar-refractivity contribution is 7.98. The molecule has 1 N–H and O–H groups in total. The Bertz CT molecular complexity index is 196. The van der Waals surface area contributed by atoms with E-state index in [1.807, 2.05) is 11.8 Å². The first-order valence-corrected chi connectivity index (χ1v) is 7.28. The van der Waals surface area contributed by atoms with Gasteiger partial charge in [0.15, 0.2) is 0 Å². The van der Waals surface area contributed by atoms with Crippen molar-refractivity contribution in [3.8, 4) is 0 Å². The van der Waals surface area contributed by atoms with Crippen LogP contribution in [0.3, 0.4) is 0 Å². The number of ether oxygens (including phenoxy) is 1. The van der Waals surface area contributed by atoms with Crippen LogP contribution in [0.1, 0.15) is 34.1 Å². The number of rotatable bonds is 6. The van der Waals surface area contributed by atoms with Crippen LogP contribution >= 0.6 is 11.8 Å². The van der Waals surface area contributed by atoms with Crippen molar-refractivity contribution >= 4 is 11.8 Å². The minimum Gasteiger partial charge on any atom is -0.378 e. The quantitative estimate of drug-likeness (QED) is 0.759. The molecule has 0 aromatic heterocycles. The molecule has 3 heteroatoms. The van der Waals surface area contributed by atoms with Gasteiger partial charge in [0.05, 0.1) is 6.10 Å². The lowest BCUT2D eigenvalue weighted by atomic mass is 9.64. The van der Waals surface area contributed by atoms with Gasteiger partial charge in [-0.05, 0) is 26.5 Å². The third-order valence-corrected chi connectivity index (χ3v) is 4.28. The van der Waals surface area contributed by atoms with Crippen LogP contribution in [-0.2, 0) is 4.74 Å². The van der Waals surface area contributed by atoms with Crippen LogP contribution in [0, 0.1) is 5.41 Å². The third-order valence-electron chi connectivity index (χ3n) is 3.45. The molecule has 1 aliphatic rings. The Kier molecular flexibility index (Phi) is 4.94. The van der Waals surface area contributed by atoms with E-state index in [2.05, 4.69) is 39.3 Å². The van der Waals surface area contributed by atoms with Gasteiger partial charge in [-0.2, -0.15) is 11.8 Å². The van der Waals surface area contributed by atoms with Crippen molar-refractivity contribution in [2.24, 2.45) is 5.41 Å². The molecule has 15 heavy (non-hydrogen) atoms. The molecule has 0 bridgehead atoms. The summed E-state index contributed by atoms with van der Waals surface area (Å²) in [6, 6.07) is 1.23. The van der Waals surface area contributed by atoms with Crippen LogP contribution in [0.15, 0.2) is 0 Å². The van der Waals surface area contributed by atoms with Gasteiger partial charge in [0, 0.05) is 29.9 Å². The summed E-state index contributed by atoms with van der Waals surface area (Å²) < 4.78 is 5.72. The van der Waals surface area contributed by atoms with Crippen LogP contribution < -0.4 is 5.32 Å². The van der Waals surface area contributed by atoms with Crippen molar-refractivity contribution in [1.82, 2.24) is 5.32 Å². The average Bonchev–Trinajstić information content (AvgIpc) is 2.17. The van der Waals surface area contributed by atoms with Gasteiger partial charge in [0.1, 0.15) is 0 Å². The van der Waals surface area contributed by atoms with Crippen LogP contribution in [-0.4, -0.2) is 36.8 Å². The van der Waals surface area contributed by atoms with E-state index >= 15 is 0 Å². The van der Waals surface area contributed by atoms with Gasteiger partial charge in [-0.3, -0.25) is 0 Å². The average molecular weight is 231 g/mol. The lowest BCUT2D eigenvalue weighted by Crippen LogP contribution is -2.62. The van der Waals surface area contributed by atoms with E-state index in [0.29, 0.717) is 23.6 Å². The van der Waals surface area contributed by atoms with Gasteiger partial charge in [0.2, 0.25) is 0 Å². The minimum atomic E-state index is 0.294. The first kappa shape index (κ1) is 13.3. The third kappa shape index (κ3) is 3.11. The SMILES string of the molecule is CCOC1CC(NC(C)CSC)C1(C)C. The molecule has 2 nitrogen and oxygen atoms in total. The Hall–Kier alpha value is 0.270. The highest BCUT2D eigenvalue weighted by Crippen LogP contribution is 2.42. The standard InChI is InChI=1S/C12H25NOS/c1-6-14-11-7-10(12(11,3)4)13-9(2)8-15-5/h9-11,13H,6-8H2,1-5H3. The van der Waals surface area contributed by atoms with E-state index in [1.54, 1.807) is 0 Å². The highest BCUT2D eigenvalue weighted by atomic mass is 32.2. The molecule has 1 aliphatic carbocycles. The summed E-state index contributed by atoms with van der Waals surface area (Å²) in [7, 11) is 0. The highest BCUT2D eigenvalue weighted by Gasteiger charge is 2.48. The summed E-state index contributed by atoms with van der Waals surface area (Å²) in [6.45, 7) is 9.79. The molecule has 0 aromatic carbocycles. The molecule has 0 spiro atoms. The van der Waals surface area contributed by atoms with E-state index in [0.717, 1.165) is 6.61 Å². The van der Waals surface area contributed by atoms with E-state index in [4.69, 9.17) is 4.74 Å². The molecule has 0 amide bonds. The summed E-state index contributed by atoms with van der Waals surface area (Å²) in [5.74, 6) is 1.19. The van der Waals surface area contributed by atoms with Crippen molar-refractivity contribution in [2.75, 3.05) is 18.6 Å². The fourth-order valence-corrected chi connectivity index (χ4v) is 2.89. The molecule has 0 heterocycles. The molecule has 90 valence electrons. The first-order chi connectivity index (χ1) is 7.02. The van der Waals surface area contributed by atoms with E-state index in [9.17, 15) is 0 Å². The maximum atomic E-state index is 5.72. The fourth-order valence-electron chi connectivity index (χ4n) is 2.29. The zero-order chi connectivity index (χ0) is 11.5. The van der Waals surface area contributed by atoms with Crippen molar-refractivity contribution in [3.63, 3.8) is 0 Å². The van der Waals surface area contributed by atoms with Gasteiger partial charge >= 0.3 is 0 Å². The maximum absolute atomic E-state index is 5.72. The Labute approximate surface area is 98.5 Å². The summed E-state index contributed by atoms with van der Waals surface area (Å²) in [5, 5.41) is 3.70. The van der Waals surface area contributed by atoms with Crippen LogP contribution in [0.4, 0.5) is 0 Å². The molecular formula is C12H25NOS. The van der Waals surface area contributed by atoms with Crippen LogP contribution in [0.25, 0.3) is 0 Å². The second kappa shape index (κ2) is 5.55. The monoisotopic (exact) mass is 231 g/mol. The van der Waals surface area contributed by atoms with Crippen molar-refractivity contribution in [3.05, 3.63) is 0 Å². The zero-order valence-corrected chi connectivity index (χ0v) is 11.5. The minimum absolute atomic E-state index is 0.294. The predicted molar refractivity (Wildman–Crippen MR) is 68.6 cm³/mol. The molecule has 1 fully saturated rings. The van der Waals surface area contributed by atoms with Gasteiger partial charge in [0.25, 0.3) is 0 Å². The summed E-state index contributed by atoms with van der Waals surface area (Å²) >= 11 is 1.90. The summed E-state index contributed by atoms with van der Waals surface area (Å²) in [5.41, 5.74) is 0.294. The zero-order valence-electron chi connectivity index (χ0n) is 10.7. The molecule has 3 atom stereocenters. The van der Waals surface area contributed by atoms with Gasteiger partial charge < -0.3 is 10.1 Å². The van der Waals surface area contributed by atoms with Gasteiger partial charge in [-0.1, -0.05) is 13.8 Å². The number of thioether (sulfide) groups is 1. The lowest BCUT2D eigenvalue weighted by Gasteiger charge is -2.52. The van der Waals surface area contributed by atoms with Crippen LogP contribution in [0.2, 0.25) is 0 Å². The normalized spacial score (nSPS) is 31.0. The van der Waals surface area contributed by atoms with E-state index < -0.39 is 0 Å². The van der Waals surface area contributed by atoms with Gasteiger partial charge in [-0.25, -0.2) is 0 Å². The summed E-state index contributed by atoms with van der Waals surface area (Å²) in [6.07, 6.45) is 3.77. The molecule has 0 radical (unpaired) electrons. The number of nitrogens with one attached hydrogen (secondary N) is 1. The second-order valence-corrected chi connectivity index (χ2v) is 5.99. The molecule has 0 saturated heterocycles. The Morgan fingerprint density at radius 1 is 1.53 bits per heavy atom. The van der Waals surface area contributed by atoms with E-state index in [-0.39, 0.29) is 0 Å². The summed E-state index contributed by atoms with van der Waals surface area (Å²) in [4.78, 5) is 0. The number of hydrogen-bond donors (Lipinski definition) is 1. The second-order valence-electron chi connectivity index (χ2n) is 5.08. The van der Waals surface area contributed by atoms with Crippen LogP contribution in [0.5, 0.6) is 0 Å². The number of hydrogen-bond acceptors (Lipinski definition) is 3. The molecule has 0 aromatic rings. The molecular weight excluding hydrogens is 206 g/mol. The van der Waals surface area contributed by atoms with Gasteiger partial charge in [-0.15, -0.1) is 0 Å². The van der Waals surface area contributed by atoms with Crippen molar-refractivity contribution in [2.45, 2.75) is 52.3 Å². The van der Waals surface area contributed by atoms with Crippen molar-refractivity contribution in [1.29, 1.82) is 0 Å². The fraction of sp³-hybridized carbons (Fsp3) is 1.00. The largest absolute Gasteiger partial charge is 0.378 e. The smallest absolute Gasteiger partial charge is 0.0655 e. The molecule has 1 saturated carbocycles. The topological polar surface area (TPSA) is 21.3 Å². The van der Waals surface area contributed by atoms with E-state index in [1.165, 1.54) is 12.2 Å². The molecule has 0 aliphatic heterocycles. The lowest BCUT2D eigenvalue weighted by molar-refractivity contribution is -0.115. The Morgan fingerprint density at radius 2 is 2.20 bits per heavy atom. The maximum Gasteiger partial charge on any atom is 0.0655 e. The Balaban J connectivity index is 2.34. The predicted octanol–water partition coefficient (Wildman–Crippen LogP) is 2.53. The first-order valence-electron chi connectivity index (χ1n) is 5.89. The Morgan fingerprint density at radius 3 is 2.67 bits per heavy atom. The van der Waals surface area contributed by atoms with Crippen molar-refractivity contribution < 1.29 is 4.74 Å². The molecule has 3 unspecified atom stereocenters.